The third-order valence-electron chi connectivity index (χ3n) is 5.60. The van der Waals surface area contributed by atoms with Crippen molar-refractivity contribution in [1.82, 2.24) is 19.5 Å². The molecule has 1 fully saturated rings. The van der Waals surface area contributed by atoms with Crippen LogP contribution < -0.4 is 5.32 Å². The number of benzene rings is 1. The Kier molecular flexibility index (Phi) is 4.89. The van der Waals surface area contributed by atoms with Crippen molar-refractivity contribution in [3.05, 3.63) is 48.2 Å². The third-order valence-corrected chi connectivity index (χ3v) is 6.55. The van der Waals surface area contributed by atoms with E-state index in [0.717, 1.165) is 46.6 Å². The molecule has 3 aromatic heterocycles. The van der Waals surface area contributed by atoms with Gasteiger partial charge in [-0.1, -0.05) is 23.8 Å². The summed E-state index contributed by atoms with van der Waals surface area (Å²) in [6.07, 6.45) is 7.30. The zero-order valence-electron chi connectivity index (χ0n) is 15.9. The Bertz CT molecular complexity index is 1160. The average Bonchev–Trinajstić information content (AvgIpc) is 3.31. The molecule has 0 bridgehead atoms. The fourth-order valence-electron chi connectivity index (χ4n) is 4.13. The molecular formula is C21H22FN5OS. The fourth-order valence-corrected chi connectivity index (χ4v) is 5.13. The minimum absolute atomic E-state index is 0.270. The van der Waals surface area contributed by atoms with Crippen LogP contribution in [0.4, 0.5) is 9.52 Å². The van der Waals surface area contributed by atoms with Gasteiger partial charge in [0.25, 0.3) is 0 Å². The number of nitrogens with zero attached hydrogens (tertiary/aromatic N) is 4. The third kappa shape index (κ3) is 3.82. The Labute approximate surface area is 171 Å². The summed E-state index contributed by atoms with van der Waals surface area (Å²) in [6, 6.07) is 8.02. The van der Waals surface area contributed by atoms with E-state index >= 15 is 0 Å². The van der Waals surface area contributed by atoms with Crippen LogP contribution in [0.1, 0.15) is 31.2 Å². The highest BCUT2D eigenvalue weighted by atomic mass is 32.1. The van der Waals surface area contributed by atoms with Crippen LogP contribution in [0.3, 0.4) is 0 Å². The van der Waals surface area contributed by atoms with E-state index in [4.69, 9.17) is 4.98 Å². The second kappa shape index (κ2) is 7.68. The molecule has 0 amide bonds. The maximum absolute atomic E-state index is 13.3. The molecule has 0 radical (unpaired) electrons. The normalized spacial score (nSPS) is 19.8. The number of anilines is 1. The topological polar surface area (TPSA) is 75.9 Å². The number of imidazole rings is 1. The van der Waals surface area contributed by atoms with Crippen LogP contribution in [-0.4, -0.2) is 37.3 Å². The van der Waals surface area contributed by atoms with Crippen LogP contribution in [0.25, 0.3) is 21.4 Å². The number of hydrogen-bond acceptors (Lipinski definition) is 6. The summed E-state index contributed by atoms with van der Waals surface area (Å²) < 4.78 is 16.4. The van der Waals surface area contributed by atoms with Crippen molar-refractivity contribution >= 4 is 37.8 Å². The number of nitrogens with one attached hydrogen (secondary N) is 1. The van der Waals surface area contributed by atoms with Crippen LogP contribution in [0.15, 0.2) is 36.8 Å². The van der Waals surface area contributed by atoms with Gasteiger partial charge in [-0.25, -0.2) is 19.3 Å². The largest absolute Gasteiger partial charge is 0.396 e. The molecule has 29 heavy (non-hydrogen) atoms. The van der Waals surface area contributed by atoms with E-state index in [9.17, 15) is 9.50 Å². The molecule has 8 heteroatoms. The molecule has 3 heterocycles. The number of aliphatic hydroxyl groups is 1. The van der Waals surface area contributed by atoms with E-state index < -0.39 is 0 Å². The number of thiazole rings is 1. The molecule has 2 N–H and O–H groups in total. The maximum Gasteiger partial charge on any atom is 0.184 e. The van der Waals surface area contributed by atoms with Crippen LogP contribution in [0.2, 0.25) is 0 Å². The lowest BCUT2D eigenvalue weighted by Crippen LogP contribution is -2.28. The van der Waals surface area contributed by atoms with Crippen molar-refractivity contribution in [2.24, 2.45) is 5.92 Å². The number of pyridine rings is 1. The summed E-state index contributed by atoms with van der Waals surface area (Å²) in [6.45, 7) is 0.887. The second-order valence-corrected chi connectivity index (χ2v) is 8.78. The first-order valence-electron chi connectivity index (χ1n) is 9.91. The lowest BCUT2D eigenvalue weighted by Gasteiger charge is -2.28. The number of aliphatic hydroxyl groups excluding tert-OH is 1. The summed E-state index contributed by atoms with van der Waals surface area (Å²) >= 11 is 1.66. The Morgan fingerprint density at radius 3 is 3.03 bits per heavy atom. The van der Waals surface area contributed by atoms with E-state index in [1.807, 2.05) is 10.6 Å². The van der Waals surface area contributed by atoms with Gasteiger partial charge in [0.15, 0.2) is 10.8 Å². The Hall–Kier alpha value is -2.58. The molecule has 1 aliphatic rings. The Balaban J connectivity index is 1.35. The summed E-state index contributed by atoms with van der Waals surface area (Å²) in [5, 5.41) is 13.9. The van der Waals surface area contributed by atoms with Crippen molar-refractivity contribution in [1.29, 1.82) is 0 Å². The van der Waals surface area contributed by atoms with Gasteiger partial charge in [-0.05, 0) is 42.9 Å². The first-order valence-corrected chi connectivity index (χ1v) is 10.7. The molecule has 4 aromatic rings. The van der Waals surface area contributed by atoms with Crippen LogP contribution in [0, 0.1) is 11.7 Å². The standard InChI is InChI=1S/C21H22FN5OS/c22-15-8-18-20(23-9-15)27(12-24-18)10-13-4-5-17-19(7-13)29-21(26-17)25-16-3-1-2-14(6-16)11-28/h4-5,7-9,12,14,16,28H,1-3,6,10-11H2,(H,25,26)/t14-,16?/m1/s1. The van der Waals surface area contributed by atoms with Gasteiger partial charge in [0, 0.05) is 18.7 Å². The first-order chi connectivity index (χ1) is 14.2. The minimum Gasteiger partial charge on any atom is -0.396 e. The van der Waals surface area contributed by atoms with Crippen LogP contribution in [0.5, 0.6) is 0 Å². The molecule has 1 aromatic carbocycles. The van der Waals surface area contributed by atoms with Crippen molar-refractivity contribution in [2.75, 3.05) is 11.9 Å². The van der Waals surface area contributed by atoms with E-state index in [1.165, 1.54) is 12.3 Å². The monoisotopic (exact) mass is 411 g/mol. The molecule has 1 aliphatic carbocycles. The van der Waals surface area contributed by atoms with Crippen molar-refractivity contribution in [2.45, 2.75) is 38.3 Å². The predicted molar refractivity (Wildman–Crippen MR) is 113 cm³/mol. The van der Waals surface area contributed by atoms with E-state index in [2.05, 4.69) is 27.4 Å². The molecule has 0 spiro atoms. The number of hydrogen-bond donors (Lipinski definition) is 2. The molecular weight excluding hydrogens is 389 g/mol. The zero-order chi connectivity index (χ0) is 19.8. The number of halogens is 1. The second-order valence-electron chi connectivity index (χ2n) is 7.75. The summed E-state index contributed by atoms with van der Waals surface area (Å²) in [5.74, 6) is 0.0199. The van der Waals surface area contributed by atoms with Gasteiger partial charge >= 0.3 is 0 Å². The lowest BCUT2D eigenvalue weighted by atomic mass is 9.86. The molecule has 0 aliphatic heterocycles. The molecule has 1 saturated carbocycles. The molecule has 6 nitrogen and oxygen atoms in total. The fraction of sp³-hybridized carbons (Fsp3) is 0.381. The highest BCUT2D eigenvalue weighted by Gasteiger charge is 2.22. The van der Waals surface area contributed by atoms with Gasteiger partial charge in [0.05, 0.1) is 29.3 Å². The highest BCUT2D eigenvalue weighted by Crippen LogP contribution is 2.31. The smallest absolute Gasteiger partial charge is 0.184 e. The maximum atomic E-state index is 13.3. The Morgan fingerprint density at radius 1 is 1.21 bits per heavy atom. The quantitative estimate of drug-likeness (QED) is 0.515. The number of rotatable bonds is 5. The summed E-state index contributed by atoms with van der Waals surface area (Å²) in [4.78, 5) is 13.1. The molecule has 0 saturated heterocycles. The SMILES string of the molecule is OC[C@@H]1CCCC(Nc2nc3ccc(Cn4cnc5cc(F)cnc54)cc3s2)C1. The van der Waals surface area contributed by atoms with Gasteiger partial charge in [0.1, 0.15) is 11.3 Å². The van der Waals surface area contributed by atoms with Crippen molar-refractivity contribution in [3.63, 3.8) is 0 Å². The summed E-state index contributed by atoms with van der Waals surface area (Å²) in [5.41, 5.74) is 3.33. The number of aromatic nitrogens is 4. The van der Waals surface area contributed by atoms with Gasteiger partial charge in [0.2, 0.25) is 0 Å². The Morgan fingerprint density at radius 2 is 2.14 bits per heavy atom. The van der Waals surface area contributed by atoms with Gasteiger partial charge in [-0.15, -0.1) is 0 Å². The highest BCUT2D eigenvalue weighted by molar-refractivity contribution is 7.22. The lowest BCUT2D eigenvalue weighted by molar-refractivity contribution is 0.184. The molecule has 150 valence electrons. The molecule has 1 unspecified atom stereocenters. The van der Waals surface area contributed by atoms with Crippen LogP contribution >= 0.6 is 11.3 Å². The predicted octanol–water partition coefficient (Wildman–Crippen LogP) is 4.19. The van der Waals surface area contributed by atoms with E-state index in [0.29, 0.717) is 29.7 Å². The average molecular weight is 412 g/mol. The van der Waals surface area contributed by atoms with Crippen molar-refractivity contribution < 1.29 is 9.50 Å². The van der Waals surface area contributed by atoms with Crippen molar-refractivity contribution in [3.8, 4) is 0 Å². The van der Waals surface area contributed by atoms with Crippen LogP contribution in [-0.2, 0) is 6.54 Å². The summed E-state index contributed by atoms with van der Waals surface area (Å²) in [7, 11) is 0. The minimum atomic E-state index is -0.378. The van der Waals surface area contributed by atoms with Gasteiger partial charge in [-0.2, -0.15) is 0 Å². The zero-order valence-corrected chi connectivity index (χ0v) is 16.7. The first kappa shape index (κ1) is 18.4. The number of fused-ring (bicyclic) bond motifs is 2. The van der Waals surface area contributed by atoms with E-state index in [-0.39, 0.29) is 12.4 Å². The molecule has 5 rings (SSSR count). The molecule has 2 atom stereocenters. The van der Waals surface area contributed by atoms with Gasteiger partial charge in [-0.3, -0.25) is 0 Å². The van der Waals surface area contributed by atoms with E-state index in [1.54, 1.807) is 17.7 Å². The van der Waals surface area contributed by atoms with Gasteiger partial charge < -0.3 is 15.0 Å².